The Kier molecular flexibility index (Phi) is 3.79. The Morgan fingerprint density at radius 2 is 2.19 bits per heavy atom. The van der Waals surface area contributed by atoms with Gasteiger partial charge in [-0.25, -0.2) is 4.79 Å². The van der Waals surface area contributed by atoms with Crippen LogP contribution in [-0.2, 0) is 9.53 Å². The molecule has 0 aliphatic carbocycles. The van der Waals surface area contributed by atoms with Crippen LogP contribution in [0.4, 0.5) is 5.69 Å². The molecule has 1 rings (SSSR count). The number of aryl methyl sites for hydroxylation is 1. The number of hydrogen-bond donors (Lipinski definition) is 2. The lowest BCUT2D eigenvalue weighted by atomic mass is 10.1. The smallest absolute Gasteiger partial charge is 0.371 e. The lowest BCUT2D eigenvalue weighted by Gasteiger charge is -2.05. The van der Waals surface area contributed by atoms with Gasteiger partial charge in [-0.3, -0.25) is 0 Å². The minimum atomic E-state index is -1.13. The van der Waals surface area contributed by atoms with Gasteiger partial charge in [-0.15, -0.1) is 0 Å². The zero-order valence-corrected chi connectivity index (χ0v) is 9.71. The van der Waals surface area contributed by atoms with Gasteiger partial charge < -0.3 is 15.6 Å². The number of benzene rings is 1. The lowest BCUT2D eigenvalue weighted by molar-refractivity contribution is -0.135. The first-order valence-corrected chi connectivity index (χ1v) is 4.88. The highest BCUT2D eigenvalue weighted by molar-refractivity contribution is 6.33. The van der Waals surface area contributed by atoms with E-state index in [-0.39, 0.29) is 5.76 Å². The van der Waals surface area contributed by atoms with Gasteiger partial charge in [0.05, 0.1) is 17.8 Å². The largest absolute Gasteiger partial charge is 0.490 e. The van der Waals surface area contributed by atoms with Crippen LogP contribution in [0.2, 0.25) is 5.02 Å². The van der Waals surface area contributed by atoms with E-state index in [9.17, 15) is 4.79 Å². The third-order valence-electron chi connectivity index (χ3n) is 2.09. The van der Waals surface area contributed by atoms with E-state index >= 15 is 0 Å². The Hall–Kier alpha value is -1.68. The van der Waals surface area contributed by atoms with E-state index in [1.54, 1.807) is 19.1 Å². The highest BCUT2D eigenvalue weighted by Gasteiger charge is 2.08. The van der Waals surface area contributed by atoms with Crippen molar-refractivity contribution in [1.82, 2.24) is 0 Å². The second-order valence-electron chi connectivity index (χ2n) is 3.25. The zero-order chi connectivity index (χ0) is 12.3. The number of ether oxygens (including phenoxy) is 1. The second kappa shape index (κ2) is 4.90. The standard InChI is InChI=1S/C11H12ClNO3/c1-6-3-7(4-8(12)10(6)13)5-9(16-2)11(14)15/h3-5H,13H2,1-2H3,(H,14,15)/b9-5-. The van der Waals surface area contributed by atoms with Crippen LogP contribution in [0.5, 0.6) is 0 Å². The van der Waals surface area contributed by atoms with Gasteiger partial charge in [0.2, 0.25) is 5.76 Å². The predicted molar refractivity (Wildman–Crippen MR) is 63.2 cm³/mol. The average Bonchev–Trinajstić information content (AvgIpc) is 2.21. The van der Waals surface area contributed by atoms with Crippen LogP contribution in [0.25, 0.3) is 6.08 Å². The minimum Gasteiger partial charge on any atom is -0.490 e. The highest BCUT2D eigenvalue weighted by Crippen LogP contribution is 2.25. The summed E-state index contributed by atoms with van der Waals surface area (Å²) in [6, 6.07) is 3.33. The number of aliphatic carboxylic acids is 1. The molecular formula is C11H12ClNO3. The van der Waals surface area contributed by atoms with Crippen LogP contribution in [0.3, 0.4) is 0 Å². The zero-order valence-electron chi connectivity index (χ0n) is 8.95. The second-order valence-corrected chi connectivity index (χ2v) is 3.66. The van der Waals surface area contributed by atoms with Crippen LogP contribution in [0.15, 0.2) is 17.9 Å². The number of nitrogens with two attached hydrogens (primary N) is 1. The molecule has 5 heteroatoms. The molecule has 16 heavy (non-hydrogen) atoms. The van der Waals surface area contributed by atoms with Gasteiger partial charge in [0, 0.05) is 0 Å². The lowest BCUT2D eigenvalue weighted by Crippen LogP contribution is -2.02. The molecule has 0 unspecified atom stereocenters. The van der Waals surface area contributed by atoms with Crippen molar-refractivity contribution in [2.24, 2.45) is 0 Å². The van der Waals surface area contributed by atoms with E-state index in [1.165, 1.54) is 13.2 Å². The molecule has 1 aromatic carbocycles. The summed E-state index contributed by atoms with van der Waals surface area (Å²) in [6.07, 6.45) is 1.39. The molecule has 0 bridgehead atoms. The summed E-state index contributed by atoms with van der Waals surface area (Å²) < 4.78 is 4.71. The van der Waals surface area contributed by atoms with Gasteiger partial charge in [0.15, 0.2) is 0 Å². The van der Waals surface area contributed by atoms with Crippen LogP contribution in [0.1, 0.15) is 11.1 Å². The molecule has 86 valence electrons. The summed E-state index contributed by atoms with van der Waals surface area (Å²) in [6.45, 7) is 1.80. The fourth-order valence-corrected chi connectivity index (χ4v) is 1.50. The fraction of sp³-hybridized carbons (Fsp3) is 0.182. The maximum absolute atomic E-state index is 10.7. The van der Waals surface area contributed by atoms with Gasteiger partial charge in [-0.1, -0.05) is 11.6 Å². The maximum Gasteiger partial charge on any atom is 0.371 e. The number of hydrogen-bond acceptors (Lipinski definition) is 3. The van der Waals surface area contributed by atoms with Crippen molar-refractivity contribution >= 4 is 29.3 Å². The molecule has 0 spiro atoms. The molecule has 0 aromatic heterocycles. The molecule has 3 N–H and O–H groups in total. The number of rotatable bonds is 3. The van der Waals surface area contributed by atoms with Crippen LogP contribution in [0, 0.1) is 6.92 Å². The molecule has 0 heterocycles. The van der Waals surface area contributed by atoms with Gasteiger partial charge in [-0.2, -0.15) is 0 Å². The summed E-state index contributed by atoms with van der Waals surface area (Å²) in [7, 11) is 1.30. The highest BCUT2D eigenvalue weighted by atomic mass is 35.5. The number of methoxy groups -OCH3 is 1. The Morgan fingerprint density at radius 3 is 2.62 bits per heavy atom. The van der Waals surface area contributed by atoms with Crippen molar-refractivity contribution in [3.05, 3.63) is 34.0 Å². The maximum atomic E-state index is 10.7. The van der Waals surface area contributed by atoms with Crippen LogP contribution < -0.4 is 5.73 Å². The van der Waals surface area contributed by atoms with Gasteiger partial charge >= 0.3 is 5.97 Å². The van der Waals surface area contributed by atoms with E-state index in [4.69, 9.17) is 27.2 Å². The molecule has 0 saturated carbocycles. The first kappa shape index (κ1) is 12.4. The summed E-state index contributed by atoms with van der Waals surface area (Å²) >= 11 is 5.88. The molecule has 0 aliphatic rings. The molecule has 0 fully saturated rings. The summed E-state index contributed by atoms with van der Waals surface area (Å²) in [5.41, 5.74) is 7.59. The van der Waals surface area contributed by atoms with Crippen LogP contribution >= 0.6 is 11.6 Å². The van der Waals surface area contributed by atoms with E-state index in [0.29, 0.717) is 16.3 Å². The van der Waals surface area contributed by atoms with Gasteiger partial charge in [0.1, 0.15) is 0 Å². The quantitative estimate of drug-likeness (QED) is 0.484. The van der Waals surface area contributed by atoms with Gasteiger partial charge in [-0.05, 0) is 36.3 Å². The summed E-state index contributed by atoms with van der Waals surface area (Å²) in [4.78, 5) is 10.7. The summed E-state index contributed by atoms with van der Waals surface area (Å²) in [5.74, 6) is -1.28. The average molecular weight is 242 g/mol. The SMILES string of the molecule is CO/C(=C\c1cc(C)c(N)c(Cl)c1)C(=O)O. The molecule has 4 nitrogen and oxygen atoms in total. The number of carboxylic acid groups (broad SMARTS) is 1. The molecule has 0 atom stereocenters. The minimum absolute atomic E-state index is 0.153. The molecule has 0 aliphatic heterocycles. The first-order chi connectivity index (χ1) is 7.45. The van der Waals surface area contributed by atoms with Gasteiger partial charge in [0.25, 0.3) is 0 Å². The molecule has 0 radical (unpaired) electrons. The number of nitrogen functional groups attached to an aromatic ring is 1. The van der Waals surface area contributed by atoms with Crippen molar-refractivity contribution in [2.75, 3.05) is 12.8 Å². The van der Waals surface area contributed by atoms with Crippen molar-refractivity contribution in [1.29, 1.82) is 0 Å². The van der Waals surface area contributed by atoms with Crippen LogP contribution in [-0.4, -0.2) is 18.2 Å². The van der Waals surface area contributed by atoms with E-state index in [2.05, 4.69) is 0 Å². The first-order valence-electron chi connectivity index (χ1n) is 4.50. The Bertz CT molecular complexity index is 432. The molecular weight excluding hydrogens is 230 g/mol. The molecule has 0 saturated heterocycles. The van der Waals surface area contributed by atoms with Crippen molar-refractivity contribution < 1.29 is 14.6 Å². The number of carbonyl (C=O) groups is 1. The topological polar surface area (TPSA) is 72.5 Å². The van der Waals surface area contributed by atoms with Crippen molar-refractivity contribution in [3.63, 3.8) is 0 Å². The number of carboxylic acids is 1. The molecule has 1 aromatic rings. The summed E-state index contributed by atoms with van der Waals surface area (Å²) in [5, 5.41) is 9.17. The van der Waals surface area contributed by atoms with E-state index < -0.39 is 5.97 Å². The van der Waals surface area contributed by atoms with Crippen molar-refractivity contribution in [2.45, 2.75) is 6.92 Å². The Morgan fingerprint density at radius 1 is 1.56 bits per heavy atom. The fourth-order valence-electron chi connectivity index (χ4n) is 1.22. The normalized spacial score (nSPS) is 11.3. The van der Waals surface area contributed by atoms with E-state index in [1.807, 2.05) is 0 Å². The number of anilines is 1. The Balaban J connectivity index is 3.20. The third-order valence-corrected chi connectivity index (χ3v) is 2.40. The third kappa shape index (κ3) is 2.67. The number of halogens is 1. The van der Waals surface area contributed by atoms with E-state index in [0.717, 1.165) is 5.56 Å². The molecule has 0 amide bonds. The van der Waals surface area contributed by atoms with Crippen molar-refractivity contribution in [3.8, 4) is 0 Å². The predicted octanol–water partition coefficient (Wildman–Crippen LogP) is 2.30. The Labute approximate surface area is 98.3 Å². The monoisotopic (exact) mass is 241 g/mol.